The number of aromatic hydroxyl groups is 1. The first-order valence-electron chi connectivity index (χ1n) is 9.09. The molecule has 1 aromatic heterocycles. The molecular formula is C22H20NO6-. The molecule has 0 radical (unpaired) electrons. The van der Waals surface area contributed by atoms with E-state index in [1.54, 1.807) is 50.2 Å². The van der Waals surface area contributed by atoms with Gasteiger partial charge >= 0.3 is 5.63 Å². The molecule has 0 spiro atoms. The normalized spacial score (nSPS) is 11.9. The SMILES string of the molecule is Cc1c(CCC(=O)N[C@H](C(=O)[O-])c2ccccc2)c(=O)oc2c(C)c(O)ccc12. The average Bonchev–Trinajstić information content (AvgIpc) is 2.69. The van der Waals surface area contributed by atoms with Crippen molar-refractivity contribution in [1.82, 2.24) is 5.32 Å². The van der Waals surface area contributed by atoms with Gasteiger partial charge in [0.05, 0.1) is 12.0 Å². The van der Waals surface area contributed by atoms with E-state index >= 15 is 0 Å². The minimum Gasteiger partial charge on any atom is -0.548 e. The molecule has 150 valence electrons. The van der Waals surface area contributed by atoms with E-state index in [1.807, 2.05) is 0 Å². The van der Waals surface area contributed by atoms with Crippen LogP contribution in [0.15, 0.2) is 51.7 Å². The van der Waals surface area contributed by atoms with Crippen molar-refractivity contribution in [1.29, 1.82) is 0 Å². The molecule has 2 N–H and O–H groups in total. The monoisotopic (exact) mass is 394 g/mol. The third-order valence-electron chi connectivity index (χ3n) is 4.95. The predicted octanol–water partition coefficient (Wildman–Crippen LogP) is 1.66. The summed E-state index contributed by atoms with van der Waals surface area (Å²) in [6, 6.07) is 10.1. The van der Waals surface area contributed by atoms with Gasteiger partial charge in [-0.25, -0.2) is 4.79 Å². The lowest BCUT2D eigenvalue weighted by Crippen LogP contribution is -2.41. The van der Waals surface area contributed by atoms with E-state index in [-0.39, 0.29) is 18.6 Å². The number of hydrogen-bond donors (Lipinski definition) is 2. The van der Waals surface area contributed by atoms with E-state index in [2.05, 4.69) is 5.32 Å². The van der Waals surface area contributed by atoms with Crippen LogP contribution in [0.2, 0.25) is 0 Å². The Morgan fingerprint density at radius 2 is 1.79 bits per heavy atom. The van der Waals surface area contributed by atoms with Crippen molar-refractivity contribution in [3.8, 4) is 5.75 Å². The molecule has 1 heterocycles. The van der Waals surface area contributed by atoms with E-state index in [9.17, 15) is 24.6 Å². The molecule has 1 amide bonds. The molecule has 1 atom stereocenters. The fourth-order valence-electron chi connectivity index (χ4n) is 3.26. The standard InChI is InChI=1S/C22H21NO6/c1-12-15-8-10-17(24)13(2)20(15)29-22(28)16(12)9-11-18(25)23-19(21(26)27)14-6-4-3-5-7-14/h3-8,10,19,24H,9,11H2,1-2H3,(H,23,25)(H,26,27)/p-1/t19-/m0/s1. The van der Waals surface area contributed by atoms with Crippen molar-refractivity contribution in [2.45, 2.75) is 32.7 Å². The third-order valence-corrected chi connectivity index (χ3v) is 4.95. The number of aryl methyl sites for hydroxylation is 2. The summed E-state index contributed by atoms with van der Waals surface area (Å²) in [5.41, 5.74) is 1.58. The molecular weight excluding hydrogens is 374 g/mol. The van der Waals surface area contributed by atoms with Gasteiger partial charge in [-0.3, -0.25) is 4.79 Å². The van der Waals surface area contributed by atoms with Crippen LogP contribution in [0, 0.1) is 13.8 Å². The summed E-state index contributed by atoms with van der Waals surface area (Å²) in [6.45, 7) is 3.40. The molecule has 0 fully saturated rings. The second-order valence-electron chi connectivity index (χ2n) is 6.81. The highest BCUT2D eigenvalue weighted by molar-refractivity contribution is 5.86. The van der Waals surface area contributed by atoms with E-state index in [0.717, 1.165) is 0 Å². The maximum atomic E-state index is 12.4. The number of carboxylic acids is 1. The van der Waals surface area contributed by atoms with Gasteiger partial charge in [0.25, 0.3) is 0 Å². The van der Waals surface area contributed by atoms with Crippen LogP contribution in [-0.4, -0.2) is 17.0 Å². The Bertz CT molecular complexity index is 1130. The summed E-state index contributed by atoms with van der Waals surface area (Å²) in [7, 11) is 0. The first-order valence-corrected chi connectivity index (χ1v) is 9.09. The Kier molecular flexibility index (Phi) is 5.68. The lowest BCUT2D eigenvalue weighted by Gasteiger charge is -2.20. The van der Waals surface area contributed by atoms with Gasteiger partial charge in [-0.2, -0.15) is 0 Å². The summed E-state index contributed by atoms with van der Waals surface area (Å²) in [6.07, 6.45) is -0.00475. The summed E-state index contributed by atoms with van der Waals surface area (Å²) < 4.78 is 5.35. The van der Waals surface area contributed by atoms with Gasteiger partial charge in [-0.15, -0.1) is 0 Å². The number of aliphatic carboxylic acids is 1. The minimum absolute atomic E-state index is 0.0291. The van der Waals surface area contributed by atoms with Crippen LogP contribution < -0.4 is 16.0 Å². The maximum Gasteiger partial charge on any atom is 0.339 e. The molecule has 0 aliphatic carbocycles. The number of phenols is 1. The van der Waals surface area contributed by atoms with E-state index in [0.29, 0.717) is 33.2 Å². The predicted molar refractivity (Wildman–Crippen MR) is 104 cm³/mol. The second-order valence-corrected chi connectivity index (χ2v) is 6.81. The smallest absolute Gasteiger partial charge is 0.339 e. The van der Waals surface area contributed by atoms with E-state index in [1.165, 1.54) is 6.07 Å². The molecule has 0 bridgehead atoms. The van der Waals surface area contributed by atoms with Crippen molar-refractivity contribution in [3.05, 3.63) is 75.1 Å². The molecule has 3 rings (SSSR count). The van der Waals surface area contributed by atoms with Crippen LogP contribution in [0.25, 0.3) is 11.0 Å². The number of carbonyl (C=O) groups is 2. The third kappa shape index (κ3) is 4.13. The fraction of sp³-hybridized carbons (Fsp3) is 0.227. The van der Waals surface area contributed by atoms with Gasteiger partial charge in [0.1, 0.15) is 11.3 Å². The number of rotatable bonds is 6. The Balaban J connectivity index is 1.80. The van der Waals surface area contributed by atoms with Gasteiger partial charge in [-0.1, -0.05) is 30.3 Å². The Hall–Kier alpha value is -3.61. The van der Waals surface area contributed by atoms with Crippen LogP contribution in [0.4, 0.5) is 0 Å². The second kappa shape index (κ2) is 8.18. The van der Waals surface area contributed by atoms with Crippen LogP contribution in [0.1, 0.15) is 34.7 Å². The Morgan fingerprint density at radius 3 is 2.45 bits per heavy atom. The van der Waals surface area contributed by atoms with Gasteiger partial charge in [0.15, 0.2) is 0 Å². The van der Waals surface area contributed by atoms with Crippen molar-refractivity contribution >= 4 is 22.8 Å². The Morgan fingerprint density at radius 1 is 1.10 bits per heavy atom. The minimum atomic E-state index is -1.42. The lowest BCUT2D eigenvalue weighted by atomic mass is 10.00. The van der Waals surface area contributed by atoms with Gasteiger partial charge in [0, 0.05) is 22.9 Å². The van der Waals surface area contributed by atoms with Crippen molar-refractivity contribution < 1.29 is 24.2 Å². The van der Waals surface area contributed by atoms with Crippen LogP contribution in [-0.2, 0) is 16.0 Å². The molecule has 7 heteroatoms. The molecule has 29 heavy (non-hydrogen) atoms. The molecule has 0 aliphatic heterocycles. The summed E-state index contributed by atoms with van der Waals surface area (Å²) in [5.74, 6) is -1.91. The fourth-order valence-corrected chi connectivity index (χ4v) is 3.26. The quantitative estimate of drug-likeness (QED) is 0.614. The summed E-state index contributed by atoms with van der Waals surface area (Å²) in [4.78, 5) is 36.1. The zero-order chi connectivity index (χ0) is 21.1. The van der Waals surface area contributed by atoms with Crippen molar-refractivity contribution in [2.75, 3.05) is 0 Å². The number of carbonyl (C=O) groups excluding carboxylic acids is 2. The van der Waals surface area contributed by atoms with Gasteiger partial charge < -0.3 is 24.7 Å². The van der Waals surface area contributed by atoms with Gasteiger partial charge in [-0.05, 0) is 43.5 Å². The molecule has 2 aromatic carbocycles. The molecule has 0 saturated heterocycles. The largest absolute Gasteiger partial charge is 0.548 e. The molecule has 0 saturated carbocycles. The lowest BCUT2D eigenvalue weighted by molar-refractivity contribution is -0.308. The molecule has 0 unspecified atom stereocenters. The number of fused-ring (bicyclic) bond motifs is 1. The summed E-state index contributed by atoms with van der Waals surface area (Å²) in [5, 5.41) is 24.3. The Labute approximate surface area is 166 Å². The van der Waals surface area contributed by atoms with E-state index < -0.39 is 23.5 Å². The number of nitrogens with one attached hydrogen (secondary N) is 1. The summed E-state index contributed by atoms with van der Waals surface area (Å²) >= 11 is 0. The first kappa shape index (κ1) is 20.1. The van der Waals surface area contributed by atoms with Crippen LogP contribution >= 0.6 is 0 Å². The zero-order valence-corrected chi connectivity index (χ0v) is 16.0. The van der Waals surface area contributed by atoms with Crippen molar-refractivity contribution in [3.63, 3.8) is 0 Å². The number of benzene rings is 2. The molecule has 0 aliphatic rings. The van der Waals surface area contributed by atoms with Gasteiger partial charge in [0.2, 0.25) is 5.91 Å². The zero-order valence-electron chi connectivity index (χ0n) is 16.0. The average molecular weight is 394 g/mol. The highest BCUT2D eigenvalue weighted by atomic mass is 16.4. The van der Waals surface area contributed by atoms with E-state index in [4.69, 9.17) is 4.42 Å². The highest BCUT2D eigenvalue weighted by Gasteiger charge is 2.18. The van der Waals surface area contributed by atoms with Crippen LogP contribution in [0.5, 0.6) is 5.75 Å². The number of amides is 1. The first-order chi connectivity index (χ1) is 13.8. The van der Waals surface area contributed by atoms with Crippen LogP contribution in [0.3, 0.4) is 0 Å². The number of phenolic OH excluding ortho intramolecular Hbond substituents is 1. The number of carboxylic acid groups (broad SMARTS) is 1. The van der Waals surface area contributed by atoms with Crippen molar-refractivity contribution in [2.24, 2.45) is 0 Å². The molecule has 7 nitrogen and oxygen atoms in total. The number of hydrogen-bond acceptors (Lipinski definition) is 6. The highest BCUT2D eigenvalue weighted by Crippen LogP contribution is 2.28. The topological polar surface area (TPSA) is 120 Å². The maximum absolute atomic E-state index is 12.4. The molecule has 3 aromatic rings.